The van der Waals surface area contributed by atoms with Crippen LogP contribution in [0.2, 0.25) is 0 Å². The van der Waals surface area contributed by atoms with Gasteiger partial charge < -0.3 is 5.11 Å². The molecule has 160 valence electrons. The Kier molecular flexibility index (Phi) is 5.62. The summed E-state index contributed by atoms with van der Waals surface area (Å²) in [5.41, 5.74) is 0.393. The molecule has 3 rings (SSSR count). The molecule has 0 radical (unpaired) electrons. The van der Waals surface area contributed by atoms with Crippen molar-refractivity contribution in [3.05, 3.63) is 77.9 Å². The summed E-state index contributed by atoms with van der Waals surface area (Å²) in [5, 5.41) is 12.3. The van der Waals surface area contributed by atoms with E-state index in [0.717, 1.165) is 16.7 Å². The number of aliphatic hydroxyl groups is 1. The van der Waals surface area contributed by atoms with Crippen LogP contribution in [0.25, 0.3) is 5.57 Å². The topological polar surface area (TPSA) is 37.3 Å². The molecule has 2 heteroatoms. The molecule has 0 saturated carbocycles. The summed E-state index contributed by atoms with van der Waals surface area (Å²) in [4.78, 5) is 13.9. The predicted molar refractivity (Wildman–Crippen MR) is 125 cm³/mol. The van der Waals surface area contributed by atoms with E-state index in [-0.39, 0.29) is 5.78 Å². The number of carbonyl (C=O) groups excluding carboxylic acids is 1. The molecule has 0 aromatic heterocycles. The van der Waals surface area contributed by atoms with Gasteiger partial charge in [-0.1, -0.05) is 109 Å². The fourth-order valence-corrected chi connectivity index (χ4v) is 4.88. The summed E-state index contributed by atoms with van der Waals surface area (Å²) in [7, 11) is 0. The van der Waals surface area contributed by atoms with E-state index < -0.39 is 27.8 Å². The van der Waals surface area contributed by atoms with Crippen molar-refractivity contribution in [1.82, 2.24) is 0 Å². The summed E-state index contributed by atoms with van der Waals surface area (Å²) in [5.74, 6) is -0.450. The van der Waals surface area contributed by atoms with Gasteiger partial charge >= 0.3 is 0 Å². The maximum Gasteiger partial charge on any atom is 0.145 e. The zero-order valence-corrected chi connectivity index (χ0v) is 19.5. The molecule has 2 aromatic rings. The number of hydrogen-bond donors (Lipinski definition) is 1. The van der Waals surface area contributed by atoms with E-state index in [4.69, 9.17) is 0 Å². The molecule has 3 unspecified atom stereocenters. The minimum atomic E-state index is -1.29. The molecule has 0 bridgehead atoms. The van der Waals surface area contributed by atoms with Crippen LogP contribution in [-0.4, -0.2) is 16.5 Å². The number of ketones is 1. The van der Waals surface area contributed by atoms with E-state index in [1.165, 1.54) is 0 Å². The van der Waals surface area contributed by atoms with Gasteiger partial charge in [0.2, 0.25) is 0 Å². The van der Waals surface area contributed by atoms with Crippen molar-refractivity contribution in [3.8, 4) is 0 Å². The Balaban J connectivity index is 2.34. The Morgan fingerprint density at radius 3 is 1.87 bits per heavy atom. The third kappa shape index (κ3) is 3.78. The van der Waals surface area contributed by atoms with Crippen LogP contribution in [-0.2, 0) is 10.2 Å². The lowest BCUT2D eigenvalue weighted by Gasteiger charge is -2.55. The lowest BCUT2D eigenvalue weighted by molar-refractivity contribution is -0.153. The van der Waals surface area contributed by atoms with Crippen molar-refractivity contribution in [2.45, 2.75) is 65.9 Å². The molecule has 0 saturated heterocycles. The van der Waals surface area contributed by atoms with Gasteiger partial charge in [-0.2, -0.15) is 0 Å². The number of carbonyl (C=O) groups is 1. The highest BCUT2D eigenvalue weighted by atomic mass is 16.3. The van der Waals surface area contributed by atoms with E-state index >= 15 is 0 Å². The molecule has 0 spiro atoms. The number of benzene rings is 2. The quantitative estimate of drug-likeness (QED) is 0.639. The van der Waals surface area contributed by atoms with Gasteiger partial charge in [-0.15, -0.1) is 0 Å². The average Bonchev–Trinajstić information content (AvgIpc) is 2.67. The van der Waals surface area contributed by atoms with Crippen LogP contribution in [0.15, 0.2) is 66.7 Å². The maximum atomic E-state index is 13.9. The molecule has 3 atom stereocenters. The first-order chi connectivity index (χ1) is 13.8. The van der Waals surface area contributed by atoms with Gasteiger partial charge in [-0.25, -0.2) is 0 Å². The standard InChI is InChI=1S/C28H36O2/c1-25(2,3)24(29)23-27(7,22-16-12-9-13-17-22)18-21(20-14-10-8-11-15-20)19-28(23,30)26(4,5)6/h8-17,19,23,30H,18H2,1-7H3. The molecule has 2 nitrogen and oxygen atoms in total. The fourth-order valence-electron chi connectivity index (χ4n) is 4.88. The zero-order valence-electron chi connectivity index (χ0n) is 19.5. The molecule has 30 heavy (non-hydrogen) atoms. The minimum absolute atomic E-state index is 0.106. The van der Waals surface area contributed by atoms with E-state index in [1.807, 2.05) is 84.0 Å². The van der Waals surface area contributed by atoms with Crippen LogP contribution in [0.5, 0.6) is 0 Å². The highest BCUT2D eigenvalue weighted by Gasteiger charge is 2.60. The van der Waals surface area contributed by atoms with Crippen molar-refractivity contribution in [1.29, 1.82) is 0 Å². The fraction of sp³-hybridized carbons (Fsp3) is 0.464. The molecular weight excluding hydrogens is 368 g/mol. The second-order valence-corrected chi connectivity index (χ2v) is 11.1. The first-order valence-corrected chi connectivity index (χ1v) is 10.9. The molecule has 1 aliphatic rings. The second-order valence-electron chi connectivity index (χ2n) is 11.1. The van der Waals surface area contributed by atoms with Crippen LogP contribution < -0.4 is 0 Å². The Bertz CT molecular complexity index is 928. The van der Waals surface area contributed by atoms with Crippen LogP contribution in [0.1, 0.15) is 66.0 Å². The largest absolute Gasteiger partial charge is 0.384 e. The Morgan fingerprint density at radius 1 is 0.900 bits per heavy atom. The molecule has 1 aliphatic carbocycles. The van der Waals surface area contributed by atoms with Gasteiger partial charge in [0.05, 0.1) is 11.5 Å². The summed E-state index contributed by atoms with van der Waals surface area (Å²) >= 11 is 0. The van der Waals surface area contributed by atoms with Crippen LogP contribution >= 0.6 is 0 Å². The minimum Gasteiger partial charge on any atom is -0.384 e. The Hall–Kier alpha value is -2.19. The molecular formula is C28H36O2. The highest BCUT2D eigenvalue weighted by molar-refractivity contribution is 5.91. The van der Waals surface area contributed by atoms with Crippen molar-refractivity contribution in [2.24, 2.45) is 16.7 Å². The maximum absolute atomic E-state index is 13.9. The van der Waals surface area contributed by atoms with Gasteiger partial charge in [-0.05, 0) is 34.6 Å². The van der Waals surface area contributed by atoms with E-state index in [9.17, 15) is 9.90 Å². The summed E-state index contributed by atoms with van der Waals surface area (Å²) < 4.78 is 0. The van der Waals surface area contributed by atoms with Crippen molar-refractivity contribution < 1.29 is 9.90 Å². The van der Waals surface area contributed by atoms with E-state index in [2.05, 4.69) is 31.2 Å². The highest BCUT2D eigenvalue weighted by Crippen LogP contribution is 2.56. The van der Waals surface area contributed by atoms with Crippen molar-refractivity contribution >= 4 is 11.4 Å². The second kappa shape index (κ2) is 7.50. The SMILES string of the molecule is CC(C)(C)C(=O)C1C(C)(c2ccccc2)CC(c2ccccc2)=CC1(O)C(C)(C)C. The number of Topliss-reactive ketones (excluding diaryl/α,β-unsaturated/α-hetero) is 1. The number of allylic oxidation sites excluding steroid dienone is 1. The number of rotatable bonds is 3. The molecule has 0 heterocycles. The lowest BCUT2D eigenvalue weighted by atomic mass is 9.50. The van der Waals surface area contributed by atoms with Crippen molar-refractivity contribution in [3.63, 3.8) is 0 Å². The number of hydrogen-bond acceptors (Lipinski definition) is 2. The average molecular weight is 405 g/mol. The normalized spacial score (nSPS) is 27.5. The van der Waals surface area contributed by atoms with Gasteiger partial charge in [0.25, 0.3) is 0 Å². The monoisotopic (exact) mass is 404 g/mol. The summed E-state index contributed by atoms with van der Waals surface area (Å²) in [6, 6.07) is 20.5. The molecule has 0 amide bonds. The molecule has 1 N–H and O–H groups in total. The summed E-state index contributed by atoms with van der Waals surface area (Å²) in [6.45, 7) is 14.1. The van der Waals surface area contributed by atoms with Gasteiger partial charge in [0.15, 0.2) is 0 Å². The first kappa shape index (κ1) is 22.5. The third-order valence-electron chi connectivity index (χ3n) is 6.81. The van der Waals surface area contributed by atoms with E-state index in [1.54, 1.807) is 0 Å². The van der Waals surface area contributed by atoms with Crippen LogP contribution in [0.4, 0.5) is 0 Å². The van der Waals surface area contributed by atoms with E-state index in [0.29, 0.717) is 6.42 Å². The third-order valence-corrected chi connectivity index (χ3v) is 6.81. The molecule has 2 aromatic carbocycles. The Labute approximate surface area is 182 Å². The van der Waals surface area contributed by atoms with Gasteiger partial charge in [0, 0.05) is 10.8 Å². The van der Waals surface area contributed by atoms with Crippen LogP contribution in [0, 0.1) is 16.7 Å². The van der Waals surface area contributed by atoms with Crippen molar-refractivity contribution in [2.75, 3.05) is 0 Å². The van der Waals surface area contributed by atoms with Gasteiger partial charge in [-0.3, -0.25) is 4.79 Å². The lowest BCUT2D eigenvalue weighted by Crippen LogP contribution is -2.62. The Morgan fingerprint density at radius 2 is 1.40 bits per heavy atom. The van der Waals surface area contributed by atoms with Gasteiger partial charge in [0.1, 0.15) is 5.78 Å². The van der Waals surface area contributed by atoms with Crippen LogP contribution in [0.3, 0.4) is 0 Å². The smallest absolute Gasteiger partial charge is 0.145 e. The molecule has 0 aliphatic heterocycles. The summed E-state index contributed by atoms with van der Waals surface area (Å²) in [6.07, 6.45) is 2.69. The zero-order chi connectivity index (χ0) is 22.4. The predicted octanol–water partition coefficient (Wildman–Crippen LogP) is 6.44. The first-order valence-electron chi connectivity index (χ1n) is 10.9. The molecule has 0 fully saturated rings.